The molecule has 0 unspecified atom stereocenters. The number of aliphatic hydroxyl groups excluding tert-OH is 3. The average Bonchev–Trinajstić information content (AvgIpc) is 3.66. The van der Waals surface area contributed by atoms with Crippen molar-refractivity contribution >= 4 is 37.5 Å². The predicted molar refractivity (Wildman–Crippen MR) is 138 cm³/mol. The number of thiazole rings is 1. The molecule has 3 N–H and O–H groups in total. The lowest BCUT2D eigenvalue weighted by atomic mass is 9.92. The highest BCUT2D eigenvalue weighted by atomic mass is 79.9. The molecule has 1 aliphatic heterocycles. The molecular formula is C24H20BrF2N7O4S. The van der Waals surface area contributed by atoms with E-state index < -0.39 is 48.7 Å². The molecule has 39 heavy (non-hydrogen) atoms. The summed E-state index contributed by atoms with van der Waals surface area (Å²) in [5, 5.41) is 45.6. The van der Waals surface area contributed by atoms with Crippen LogP contribution >= 0.6 is 27.3 Å². The molecule has 0 amide bonds. The number of ether oxygens (including phenoxy) is 1. The van der Waals surface area contributed by atoms with Crippen molar-refractivity contribution in [3.63, 3.8) is 0 Å². The first-order valence-electron chi connectivity index (χ1n) is 11.7. The maximum atomic E-state index is 14.1. The minimum atomic E-state index is -1.42. The maximum Gasteiger partial charge on any atom is 0.163 e. The number of nitrogens with zero attached hydrogens (tertiary/aromatic N) is 7. The van der Waals surface area contributed by atoms with Crippen molar-refractivity contribution in [1.82, 2.24) is 34.7 Å². The number of fused-ring (bicyclic) bond motifs is 1. The molecule has 5 atom stereocenters. The second kappa shape index (κ2) is 10.1. The first-order valence-corrected chi connectivity index (χ1v) is 13.3. The van der Waals surface area contributed by atoms with Gasteiger partial charge >= 0.3 is 0 Å². The Morgan fingerprint density at radius 3 is 2.64 bits per heavy atom. The second-order valence-electron chi connectivity index (χ2n) is 9.00. The average molecular weight is 620 g/mol. The Morgan fingerprint density at radius 2 is 1.90 bits per heavy atom. The molecule has 202 valence electrons. The first kappa shape index (κ1) is 26.0. The van der Waals surface area contributed by atoms with Crippen LogP contribution < -0.4 is 0 Å². The Morgan fingerprint density at radius 1 is 1.13 bits per heavy atom. The van der Waals surface area contributed by atoms with Crippen LogP contribution in [0.3, 0.4) is 0 Å². The molecule has 2 aromatic carbocycles. The van der Waals surface area contributed by atoms with Gasteiger partial charge in [-0.25, -0.2) is 28.1 Å². The van der Waals surface area contributed by atoms with E-state index in [1.807, 2.05) is 25.1 Å². The van der Waals surface area contributed by atoms with Crippen molar-refractivity contribution in [2.75, 3.05) is 6.61 Å². The quantitative estimate of drug-likeness (QED) is 0.253. The van der Waals surface area contributed by atoms with Gasteiger partial charge in [-0.15, -0.1) is 16.4 Å². The zero-order valence-electron chi connectivity index (χ0n) is 20.1. The standard InChI is InChI=1S/C24H20BrF2N7O4S/c1-10-30-15-3-2-12(6-18(15)39-10)34-24(28-9-29-34)23-22(37)20(21(36)17(8-35)38-23)33-7-16(31-32-33)11-4-13(26)19(25)14(27)5-11/h2-7,9,17,20-23,35-37H,8H2,1H3/t17-,20+,21+,22-,23-/m1/s1. The zero-order valence-corrected chi connectivity index (χ0v) is 22.5. The SMILES string of the molecule is Cc1nc2ccc(-n3ncnc3[C@@H]3O[C@H](CO)[C@H](O)[C@H](n4cc(-c5cc(F)c(Br)c(F)c5)nn4)[C@H]3O)cc2s1. The fraction of sp³-hybridized carbons (Fsp3) is 0.292. The van der Waals surface area contributed by atoms with Crippen molar-refractivity contribution < 1.29 is 28.8 Å². The number of benzene rings is 2. The van der Waals surface area contributed by atoms with Crippen LogP contribution in [0.15, 0.2) is 47.3 Å². The van der Waals surface area contributed by atoms with Gasteiger partial charge in [-0.05, 0) is 53.2 Å². The number of rotatable bonds is 5. The van der Waals surface area contributed by atoms with E-state index in [2.05, 4.69) is 41.3 Å². The van der Waals surface area contributed by atoms with Crippen molar-refractivity contribution in [2.45, 2.75) is 37.4 Å². The summed E-state index contributed by atoms with van der Waals surface area (Å²) < 4.78 is 37.4. The molecule has 6 rings (SSSR count). The first-order chi connectivity index (χ1) is 18.7. The fourth-order valence-corrected chi connectivity index (χ4v) is 5.78. The maximum absolute atomic E-state index is 14.1. The normalized spacial score (nSPS) is 23.5. The van der Waals surface area contributed by atoms with E-state index in [0.717, 1.165) is 27.4 Å². The highest BCUT2D eigenvalue weighted by molar-refractivity contribution is 9.10. The van der Waals surface area contributed by atoms with Crippen molar-refractivity contribution in [3.05, 3.63) is 69.8 Å². The van der Waals surface area contributed by atoms with Gasteiger partial charge in [0.15, 0.2) is 5.82 Å². The molecule has 0 radical (unpaired) electrons. The van der Waals surface area contributed by atoms with Gasteiger partial charge < -0.3 is 20.1 Å². The second-order valence-corrected chi connectivity index (χ2v) is 11.0. The van der Waals surface area contributed by atoms with Crippen LogP contribution in [-0.4, -0.2) is 75.0 Å². The van der Waals surface area contributed by atoms with E-state index in [9.17, 15) is 24.1 Å². The number of halogens is 3. The Balaban J connectivity index is 1.36. The Bertz CT molecular complexity index is 1650. The monoisotopic (exact) mass is 619 g/mol. The van der Waals surface area contributed by atoms with Crippen molar-refractivity contribution in [2.24, 2.45) is 0 Å². The van der Waals surface area contributed by atoms with Crippen LogP contribution in [0, 0.1) is 18.6 Å². The molecule has 1 saturated heterocycles. The number of aromatic nitrogens is 7. The summed E-state index contributed by atoms with van der Waals surface area (Å²) in [4.78, 5) is 8.78. The van der Waals surface area contributed by atoms with Gasteiger partial charge in [-0.2, -0.15) is 5.10 Å². The van der Waals surface area contributed by atoms with Crippen LogP contribution in [0.4, 0.5) is 8.78 Å². The van der Waals surface area contributed by atoms with Gasteiger partial charge in [0.05, 0.1) is 38.2 Å². The minimum absolute atomic E-state index is 0.110. The Labute approximate surface area is 231 Å². The lowest BCUT2D eigenvalue weighted by Gasteiger charge is -2.41. The molecule has 0 saturated carbocycles. The third-order valence-electron chi connectivity index (χ3n) is 6.54. The highest BCUT2D eigenvalue weighted by Gasteiger charge is 2.48. The largest absolute Gasteiger partial charge is 0.394 e. The van der Waals surface area contributed by atoms with Gasteiger partial charge in [0.1, 0.15) is 54.1 Å². The summed E-state index contributed by atoms with van der Waals surface area (Å²) in [6, 6.07) is 6.58. The van der Waals surface area contributed by atoms with Gasteiger partial charge in [-0.1, -0.05) is 5.21 Å². The Hall–Kier alpha value is -3.21. The van der Waals surface area contributed by atoms with Crippen LogP contribution in [0.25, 0.3) is 27.2 Å². The van der Waals surface area contributed by atoms with Gasteiger partial charge in [0.25, 0.3) is 0 Å². The third-order valence-corrected chi connectivity index (χ3v) is 8.23. The zero-order chi connectivity index (χ0) is 27.4. The van der Waals surface area contributed by atoms with Crippen LogP contribution in [0.5, 0.6) is 0 Å². The fourth-order valence-electron chi connectivity index (χ4n) is 4.69. The smallest absolute Gasteiger partial charge is 0.163 e. The van der Waals surface area contributed by atoms with Gasteiger partial charge in [0.2, 0.25) is 0 Å². The molecule has 0 aliphatic carbocycles. The summed E-state index contributed by atoms with van der Waals surface area (Å²) in [6.07, 6.45) is -2.41. The number of aliphatic hydroxyl groups is 3. The summed E-state index contributed by atoms with van der Waals surface area (Å²) in [5.41, 5.74) is 1.71. The molecular weight excluding hydrogens is 600 g/mol. The number of aryl methyl sites for hydroxylation is 1. The predicted octanol–water partition coefficient (Wildman–Crippen LogP) is 2.88. The van der Waals surface area contributed by atoms with Crippen LogP contribution in [-0.2, 0) is 4.74 Å². The third kappa shape index (κ3) is 4.54. The van der Waals surface area contributed by atoms with Crippen LogP contribution in [0.2, 0.25) is 0 Å². The topological polar surface area (TPSA) is 144 Å². The van der Waals surface area contributed by atoms with Gasteiger partial charge in [0, 0.05) is 5.56 Å². The molecule has 0 spiro atoms. The molecule has 11 nitrogen and oxygen atoms in total. The molecule has 5 aromatic rings. The van der Waals surface area contributed by atoms with E-state index in [1.165, 1.54) is 33.2 Å². The number of hydrogen-bond donors (Lipinski definition) is 3. The summed E-state index contributed by atoms with van der Waals surface area (Å²) in [7, 11) is 0. The minimum Gasteiger partial charge on any atom is -0.394 e. The van der Waals surface area contributed by atoms with E-state index >= 15 is 0 Å². The van der Waals surface area contributed by atoms with E-state index in [4.69, 9.17) is 4.74 Å². The molecule has 4 heterocycles. The van der Waals surface area contributed by atoms with Crippen LogP contribution in [0.1, 0.15) is 23.0 Å². The Kier molecular flexibility index (Phi) is 6.73. The summed E-state index contributed by atoms with van der Waals surface area (Å²) >= 11 is 4.36. The van der Waals surface area contributed by atoms with E-state index in [1.54, 1.807) is 0 Å². The van der Waals surface area contributed by atoms with Crippen molar-refractivity contribution in [1.29, 1.82) is 0 Å². The lowest BCUT2D eigenvalue weighted by molar-refractivity contribution is -0.210. The lowest BCUT2D eigenvalue weighted by Crippen LogP contribution is -2.53. The van der Waals surface area contributed by atoms with Crippen molar-refractivity contribution in [3.8, 4) is 16.9 Å². The molecule has 15 heteroatoms. The molecule has 0 bridgehead atoms. The summed E-state index contributed by atoms with van der Waals surface area (Å²) in [5.74, 6) is -1.41. The molecule has 1 aliphatic rings. The van der Waals surface area contributed by atoms with E-state index in [0.29, 0.717) is 5.69 Å². The van der Waals surface area contributed by atoms with Gasteiger partial charge in [-0.3, -0.25) is 0 Å². The highest BCUT2D eigenvalue weighted by Crippen LogP contribution is 2.38. The molecule has 1 fully saturated rings. The summed E-state index contributed by atoms with van der Waals surface area (Å²) in [6.45, 7) is 1.35. The van der Waals surface area contributed by atoms with E-state index in [-0.39, 0.29) is 21.6 Å². The molecule has 3 aromatic heterocycles. The number of hydrogen-bond acceptors (Lipinski definition) is 10.